The van der Waals surface area contributed by atoms with Crippen LogP contribution in [0.25, 0.3) is 0 Å². The van der Waals surface area contributed by atoms with Crippen molar-refractivity contribution in [3.63, 3.8) is 0 Å². The third kappa shape index (κ3) is 3.94. The Labute approximate surface area is 135 Å². The molecular formula is C13H15BrN4O4. The van der Waals surface area contributed by atoms with Crippen LogP contribution < -0.4 is 9.47 Å². The number of halogens is 1. The van der Waals surface area contributed by atoms with E-state index in [9.17, 15) is 4.79 Å². The summed E-state index contributed by atoms with van der Waals surface area (Å²) in [5.41, 5.74) is 0.365. The third-order valence-electron chi connectivity index (χ3n) is 2.70. The van der Waals surface area contributed by atoms with Gasteiger partial charge in [0.15, 0.2) is 11.5 Å². The van der Waals surface area contributed by atoms with Crippen LogP contribution in [-0.4, -0.2) is 46.5 Å². The number of ether oxygens (including phenoxy) is 3. The zero-order valence-electron chi connectivity index (χ0n) is 12.2. The van der Waals surface area contributed by atoms with Crippen LogP contribution in [0.2, 0.25) is 0 Å². The molecule has 0 aliphatic carbocycles. The fraction of sp³-hybridized carbons (Fsp3) is 0.385. The van der Waals surface area contributed by atoms with Crippen LogP contribution in [0.3, 0.4) is 0 Å². The standard InChI is InChI=1S/C13H15BrN4O4/c1-3-21-12-10(14)6-9(7-11(12)20-2)13(19)22-5-4-18-8-15-16-17-18/h6-8H,3-5H2,1-2H3. The fourth-order valence-corrected chi connectivity index (χ4v) is 2.28. The number of tetrazole rings is 1. The van der Waals surface area contributed by atoms with Crippen LogP contribution in [0, 0.1) is 0 Å². The summed E-state index contributed by atoms with van der Waals surface area (Å²) in [4.78, 5) is 12.1. The third-order valence-corrected chi connectivity index (χ3v) is 3.29. The van der Waals surface area contributed by atoms with E-state index in [0.29, 0.717) is 34.7 Å². The zero-order valence-corrected chi connectivity index (χ0v) is 13.7. The molecule has 1 heterocycles. The van der Waals surface area contributed by atoms with Gasteiger partial charge in [0.05, 0.1) is 30.3 Å². The van der Waals surface area contributed by atoms with Gasteiger partial charge in [0.1, 0.15) is 12.9 Å². The SMILES string of the molecule is CCOc1c(Br)cc(C(=O)OCCn2cnnn2)cc1OC. The Morgan fingerprint density at radius 1 is 1.41 bits per heavy atom. The molecule has 0 fully saturated rings. The van der Waals surface area contributed by atoms with Crippen molar-refractivity contribution in [3.05, 3.63) is 28.5 Å². The first-order valence-corrected chi connectivity index (χ1v) is 7.33. The normalized spacial score (nSPS) is 10.3. The monoisotopic (exact) mass is 370 g/mol. The molecule has 0 unspecified atom stereocenters. The summed E-state index contributed by atoms with van der Waals surface area (Å²) in [6.45, 7) is 2.91. The lowest BCUT2D eigenvalue weighted by atomic mass is 10.2. The number of esters is 1. The lowest BCUT2D eigenvalue weighted by Crippen LogP contribution is -2.12. The van der Waals surface area contributed by atoms with E-state index < -0.39 is 5.97 Å². The molecule has 1 aromatic carbocycles. The summed E-state index contributed by atoms with van der Waals surface area (Å²) >= 11 is 3.36. The van der Waals surface area contributed by atoms with Crippen LogP contribution in [0.1, 0.15) is 17.3 Å². The van der Waals surface area contributed by atoms with Crippen molar-refractivity contribution in [2.24, 2.45) is 0 Å². The highest BCUT2D eigenvalue weighted by Crippen LogP contribution is 2.36. The predicted octanol–water partition coefficient (Wildman–Crippen LogP) is 1.70. The topological polar surface area (TPSA) is 88.4 Å². The molecule has 22 heavy (non-hydrogen) atoms. The molecule has 2 aromatic rings. The molecule has 2 rings (SSSR count). The first-order valence-electron chi connectivity index (χ1n) is 6.54. The largest absolute Gasteiger partial charge is 0.493 e. The van der Waals surface area contributed by atoms with E-state index in [4.69, 9.17) is 14.2 Å². The van der Waals surface area contributed by atoms with E-state index in [2.05, 4.69) is 31.5 Å². The predicted molar refractivity (Wildman–Crippen MR) is 80.0 cm³/mol. The minimum atomic E-state index is -0.463. The number of benzene rings is 1. The Kier molecular flexibility index (Phi) is 5.70. The minimum absolute atomic E-state index is 0.164. The first kappa shape index (κ1) is 16.2. The molecule has 0 aliphatic heterocycles. The number of hydrogen-bond acceptors (Lipinski definition) is 7. The van der Waals surface area contributed by atoms with Gasteiger partial charge in [-0.15, -0.1) is 5.10 Å². The Hall–Kier alpha value is -2.16. The highest BCUT2D eigenvalue weighted by molar-refractivity contribution is 9.10. The van der Waals surface area contributed by atoms with Gasteiger partial charge in [-0.3, -0.25) is 0 Å². The number of hydrogen-bond donors (Lipinski definition) is 0. The summed E-state index contributed by atoms with van der Waals surface area (Å²) in [5, 5.41) is 10.7. The first-order chi connectivity index (χ1) is 10.7. The van der Waals surface area contributed by atoms with Crippen LogP contribution in [0.4, 0.5) is 0 Å². The van der Waals surface area contributed by atoms with E-state index in [1.807, 2.05) is 6.92 Å². The summed E-state index contributed by atoms with van der Waals surface area (Å²) in [7, 11) is 1.51. The van der Waals surface area contributed by atoms with Gasteiger partial charge in [-0.1, -0.05) is 0 Å². The summed E-state index contributed by atoms with van der Waals surface area (Å²) < 4.78 is 18.0. The number of aromatic nitrogens is 4. The second kappa shape index (κ2) is 7.74. The van der Waals surface area contributed by atoms with Crippen molar-refractivity contribution in [2.75, 3.05) is 20.3 Å². The molecule has 0 saturated carbocycles. The smallest absolute Gasteiger partial charge is 0.338 e. The highest BCUT2D eigenvalue weighted by Gasteiger charge is 2.16. The van der Waals surface area contributed by atoms with Gasteiger partial charge < -0.3 is 14.2 Å². The van der Waals surface area contributed by atoms with Gasteiger partial charge in [-0.25, -0.2) is 9.48 Å². The number of carbonyl (C=O) groups is 1. The van der Waals surface area contributed by atoms with Gasteiger partial charge in [0.2, 0.25) is 0 Å². The molecule has 0 saturated heterocycles. The Bertz CT molecular complexity index is 633. The molecule has 0 amide bonds. The molecule has 9 heteroatoms. The summed E-state index contributed by atoms with van der Waals surface area (Å²) in [5.74, 6) is 0.550. The number of nitrogens with zero attached hydrogens (tertiary/aromatic N) is 4. The van der Waals surface area contributed by atoms with Crippen molar-refractivity contribution < 1.29 is 19.0 Å². The van der Waals surface area contributed by atoms with E-state index in [1.165, 1.54) is 18.1 Å². The van der Waals surface area contributed by atoms with E-state index in [0.717, 1.165) is 0 Å². The van der Waals surface area contributed by atoms with Gasteiger partial charge in [-0.05, 0) is 45.4 Å². The molecule has 0 atom stereocenters. The molecule has 0 N–H and O–H groups in total. The van der Waals surface area contributed by atoms with E-state index in [-0.39, 0.29) is 6.61 Å². The Morgan fingerprint density at radius 2 is 2.23 bits per heavy atom. The van der Waals surface area contributed by atoms with Crippen LogP contribution in [-0.2, 0) is 11.3 Å². The Balaban J connectivity index is 2.04. The maximum Gasteiger partial charge on any atom is 0.338 e. The molecular weight excluding hydrogens is 356 g/mol. The molecule has 118 valence electrons. The van der Waals surface area contributed by atoms with Gasteiger partial charge in [0.25, 0.3) is 0 Å². The van der Waals surface area contributed by atoms with E-state index >= 15 is 0 Å². The lowest BCUT2D eigenvalue weighted by Gasteiger charge is -2.13. The van der Waals surface area contributed by atoms with Crippen LogP contribution >= 0.6 is 15.9 Å². The summed E-state index contributed by atoms with van der Waals surface area (Å²) in [6, 6.07) is 3.21. The quantitative estimate of drug-likeness (QED) is 0.685. The maximum atomic E-state index is 12.1. The average molecular weight is 371 g/mol. The fourth-order valence-electron chi connectivity index (χ4n) is 1.72. The van der Waals surface area contributed by atoms with Crippen molar-refractivity contribution in [1.29, 1.82) is 0 Å². The highest BCUT2D eigenvalue weighted by atomic mass is 79.9. The summed E-state index contributed by atoms with van der Waals surface area (Å²) in [6.07, 6.45) is 1.45. The number of rotatable bonds is 7. The van der Waals surface area contributed by atoms with Gasteiger partial charge >= 0.3 is 5.97 Å². The minimum Gasteiger partial charge on any atom is -0.493 e. The van der Waals surface area contributed by atoms with Gasteiger partial charge in [-0.2, -0.15) is 0 Å². The van der Waals surface area contributed by atoms with Crippen LogP contribution in [0.15, 0.2) is 22.9 Å². The molecule has 1 aromatic heterocycles. The molecule has 0 bridgehead atoms. The lowest BCUT2D eigenvalue weighted by molar-refractivity contribution is 0.0486. The molecule has 0 spiro atoms. The second-order valence-electron chi connectivity index (χ2n) is 4.13. The van der Waals surface area contributed by atoms with Crippen molar-refractivity contribution in [3.8, 4) is 11.5 Å². The number of carbonyl (C=O) groups excluding carboxylic acids is 1. The maximum absolute atomic E-state index is 12.1. The zero-order chi connectivity index (χ0) is 15.9. The van der Waals surface area contributed by atoms with E-state index in [1.54, 1.807) is 12.1 Å². The van der Waals surface area contributed by atoms with Crippen LogP contribution in [0.5, 0.6) is 11.5 Å². The average Bonchev–Trinajstić information content (AvgIpc) is 3.02. The second-order valence-corrected chi connectivity index (χ2v) is 4.99. The van der Waals surface area contributed by atoms with Gasteiger partial charge in [0, 0.05) is 0 Å². The van der Waals surface area contributed by atoms with Crippen molar-refractivity contribution in [2.45, 2.75) is 13.5 Å². The van der Waals surface area contributed by atoms with Crippen molar-refractivity contribution >= 4 is 21.9 Å². The molecule has 0 radical (unpaired) electrons. The molecule has 0 aliphatic rings. The molecule has 8 nitrogen and oxygen atoms in total. The number of methoxy groups -OCH3 is 1. The Morgan fingerprint density at radius 3 is 2.86 bits per heavy atom. The van der Waals surface area contributed by atoms with Crippen molar-refractivity contribution in [1.82, 2.24) is 20.2 Å².